The van der Waals surface area contributed by atoms with E-state index in [1.54, 1.807) is 11.3 Å². The van der Waals surface area contributed by atoms with Crippen LogP contribution in [0.2, 0.25) is 0 Å². The lowest BCUT2D eigenvalue weighted by Gasteiger charge is -2.21. The molecule has 2 heterocycles. The first-order chi connectivity index (χ1) is 9.74. The number of thiophene rings is 1. The lowest BCUT2D eigenvalue weighted by molar-refractivity contribution is 0.564. The molecule has 1 N–H and O–H groups in total. The average molecular weight is 433 g/mol. The lowest BCUT2D eigenvalue weighted by Crippen LogP contribution is -2.17. The van der Waals surface area contributed by atoms with E-state index in [-0.39, 0.29) is 5.41 Å². The van der Waals surface area contributed by atoms with Crippen LogP contribution < -0.4 is 5.32 Å². The van der Waals surface area contributed by atoms with Gasteiger partial charge in [-0.15, -0.1) is 11.3 Å². The summed E-state index contributed by atoms with van der Waals surface area (Å²) in [6.45, 7) is 11.5. The predicted octanol–water partition coefficient (Wildman–Crippen LogP) is 5.77. The molecule has 0 saturated heterocycles. The molecule has 0 bridgehead atoms. The van der Waals surface area contributed by atoms with Crippen LogP contribution in [-0.4, -0.2) is 16.5 Å². The second kappa shape index (κ2) is 6.34. The van der Waals surface area contributed by atoms with Gasteiger partial charge in [-0.05, 0) is 51.8 Å². The molecular weight excluding hydrogens is 414 g/mol. The molecule has 0 saturated carbocycles. The highest BCUT2D eigenvalue weighted by atomic mass is 79.9. The number of rotatable bonds is 3. The van der Waals surface area contributed by atoms with E-state index in [9.17, 15) is 0 Å². The van der Waals surface area contributed by atoms with Crippen LogP contribution in [0.4, 0.5) is 5.82 Å². The highest BCUT2D eigenvalue weighted by molar-refractivity contribution is 9.11. The summed E-state index contributed by atoms with van der Waals surface area (Å²) in [6, 6.07) is 2.09. The maximum absolute atomic E-state index is 4.80. The fraction of sp³-hybridized carbons (Fsp3) is 0.467. The van der Waals surface area contributed by atoms with Crippen molar-refractivity contribution < 1.29 is 0 Å². The minimum absolute atomic E-state index is 0.0514. The molecule has 0 amide bonds. The third-order valence-electron chi connectivity index (χ3n) is 2.98. The first-order valence-corrected chi connectivity index (χ1v) is 9.22. The number of hydrogen-bond donors (Lipinski definition) is 1. The molecule has 114 valence electrons. The molecule has 3 nitrogen and oxygen atoms in total. The van der Waals surface area contributed by atoms with E-state index in [0.29, 0.717) is 0 Å². The van der Waals surface area contributed by atoms with Crippen LogP contribution >= 0.6 is 43.2 Å². The Bertz CT molecular complexity index is 640. The van der Waals surface area contributed by atoms with Crippen molar-refractivity contribution >= 4 is 49.0 Å². The normalized spacial score (nSPS) is 11.8. The van der Waals surface area contributed by atoms with Gasteiger partial charge in [0.15, 0.2) is 5.82 Å². The molecule has 0 aliphatic heterocycles. The van der Waals surface area contributed by atoms with Crippen LogP contribution in [0.5, 0.6) is 0 Å². The fourth-order valence-electron chi connectivity index (χ4n) is 1.91. The van der Waals surface area contributed by atoms with Gasteiger partial charge in [-0.3, -0.25) is 0 Å². The van der Waals surface area contributed by atoms with Crippen molar-refractivity contribution in [2.24, 2.45) is 0 Å². The van der Waals surface area contributed by atoms with Crippen molar-refractivity contribution in [1.82, 2.24) is 9.97 Å². The van der Waals surface area contributed by atoms with Gasteiger partial charge in [0.25, 0.3) is 0 Å². The van der Waals surface area contributed by atoms with Gasteiger partial charge in [-0.1, -0.05) is 20.8 Å². The SMILES string of the molecule is CCNc1nc(-c2cc(Br)c(C)s2)nc(C(C)(C)C)c1Br. The van der Waals surface area contributed by atoms with Crippen LogP contribution in [0.25, 0.3) is 10.7 Å². The molecule has 0 aliphatic rings. The van der Waals surface area contributed by atoms with E-state index in [4.69, 9.17) is 4.98 Å². The largest absolute Gasteiger partial charge is 0.369 e. The van der Waals surface area contributed by atoms with Crippen molar-refractivity contribution in [2.45, 2.75) is 40.0 Å². The molecule has 21 heavy (non-hydrogen) atoms. The minimum atomic E-state index is -0.0514. The monoisotopic (exact) mass is 431 g/mol. The first kappa shape index (κ1) is 16.9. The van der Waals surface area contributed by atoms with Gasteiger partial charge in [0.1, 0.15) is 5.82 Å². The standard InChI is InChI=1S/C15H19Br2N3S/c1-6-18-14-11(17)12(15(3,4)5)19-13(20-14)10-7-9(16)8(2)21-10/h7H,6H2,1-5H3,(H,18,19,20). The van der Waals surface area contributed by atoms with E-state index in [1.165, 1.54) is 4.88 Å². The van der Waals surface area contributed by atoms with Crippen LogP contribution in [0.3, 0.4) is 0 Å². The maximum atomic E-state index is 4.80. The Balaban J connectivity index is 2.64. The molecule has 0 aliphatic carbocycles. The van der Waals surface area contributed by atoms with Gasteiger partial charge in [0.2, 0.25) is 0 Å². The summed E-state index contributed by atoms with van der Waals surface area (Å²) in [6.07, 6.45) is 0. The Morgan fingerprint density at radius 3 is 2.38 bits per heavy atom. The van der Waals surface area contributed by atoms with Crippen molar-refractivity contribution in [3.63, 3.8) is 0 Å². The van der Waals surface area contributed by atoms with Gasteiger partial charge >= 0.3 is 0 Å². The number of aryl methyl sites for hydroxylation is 1. The molecule has 0 unspecified atom stereocenters. The summed E-state index contributed by atoms with van der Waals surface area (Å²) in [5.41, 5.74) is 0.968. The second-order valence-electron chi connectivity index (χ2n) is 5.85. The van der Waals surface area contributed by atoms with Crippen LogP contribution in [0.15, 0.2) is 15.0 Å². The number of halogens is 2. The Hall–Kier alpha value is -0.460. The minimum Gasteiger partial charge on any atom is -0.369 e. The van der Waals surface area contributed by atoms with Gasteiger partial charge in [0, 0.05) is 21.3 Å². The van der Waals surface area contributed by atoms with Crippen LogP contribution in [0, 0.1) is 6.92 Å². The van der Waals surface area contributed by atoms with Gasteiger partial charge in [-0.25, -0.2) is 9.97 Å². The lowest BCUT2D eigenvalue weighted by atomic mass is 9.92. The number of aromatic nitrogens is 2. The summed E-state index contributed by atoms with van der Waals surface area (Å²) in [4.78, 5) is 11.8. The smallest absolute Gasteiger partial charge is 0.172 e. The Kier molecular flexibility index (Phi) is 5.11. The topological polar surface area (TPSA) is 37.8 Å². The van der Waals surface area contributed by atoms with Gasteiger partial charge in [-0.2, -0.15) is 0 Å². The molecule has 0 atom stereocenters. The van der Waals surface area contributed by atoms with Crippen molar-refractivity contribution in [2.75, 3.05) is 11.9 Å². The molecule has 2 aromatic rings. The molecule has 0 spiro atoms. The van der Waals surface area contributed by atoms with E-state index in [1.807, 2.05) is 0 Å². The zero-order chi connectivity index (χ0) is 15.8. The number of nitrogens with zero attached hydrogens (tertiary/aromatic N) is 2. The summed E-state index contributed by atoms with van der Waals surface area (Å²) in [7, 11) is 0. The summed E-state index contributed by atoms with van der Waals surface area (Å²) < 4.78 is 2.06. The van der Waals surface area contributed by atoms with E-state index in [0.717, 1.165) is 37.7 Å². The molecule has 2 rings (SSSR count). The molecule has 0 radical (unpaired) electrons. The molecule has 2 aromatic heterocycles. The molecule has 0 aromatic carbocycles. The zero-order valence-electron chi connectivity index (χ0n) is 12.8. The van der Waals surface area contributed by atoms with Crippen molar-refractivity contribution in [1.29, 1.82) is 0 Å². The maximum Gasteiger partial charge on any atom is 0.172 e. The Labute approximate surface area is 146 Å². The molecule has 0 fully saturated rings. The summed E-state index contributed by atoms with van der Waals surface area (Å²) in [5.74, 6) is 1.63. The zero-order valence-corrected chi connectivity index (χ0v) is 16.8. The highest BCUT2D eigenvalue weighted by Gasteiger charge is 2.24. The third-order valence-corrected chi connectivity index (χ3v) is 5.87. The number of hydrogen-bond acceptors (Lipinski definition) is 4. The number of anilines is 1. The Morgan fingerprint density at radius 2 is 1.90 bits per heavy atom. The third kappa shape index (κ3) is 3.66. The summed E-state index contributed by atoms with van der Waals surface area (Å²) in [5, 5.41) is 3.31. The Morgan fingerprint density at radius 1 is 1.24 bits per heavy atom. The second-order valence-corrected chi connectivity index (χ2v) is 8.76. The highest BCUT2D eigenvalue weighted by Crippen LogP contribution is 2.37. The van der Waals surface area contributed by atoms with E-state index in [2.05, 4.69) is 82.8 Å². The fourth-order valence-corrected chi connectivity index (χ4v) is 4.29. The van der Waals surface area contributed by atoms with Gasteiger partial charge < -0.3 is 5.32 Å². The average Bonchev–Trinajstić information content (AvgIpc) is 2.71. The predicted molar refractivity (Wildman–Crippen MR) is 98.3 cm³/mol. The number of nitrogens with one attached hydrogen (secondary N) is 1. The van der Waals surface area contributed by atoms with Crippen molar-refractivity contribution in [3.05, 3.63) is 25.6 Å². The first-order valence-electron chi connectivity index (χ1n) is 6.82. The molecular formula is C15H19Br2N3S. The van der Waals surface area contributed by atoms with Crippen LogP contribution in [0.1, 0.15) is 38.3 Å². The van der Waals surface area contributed by atoms with Crippen LogP contribution in [-0.2, 0) is 5.41 Å². The van der Waals surface area contributed by atoms with Crippen molar-refractivity contribution in [3.8, 4) is 10.7 Å². The van der Waals surface area contributed by atoms with E-state index >= 15 is 0 Å². The summed E-state index contributed by atoms with van der Waals surface area (Å²) >= 11 is 8.92. The van der Waals surface area contributed by atoms with Gasteiger partial charge in [0.05, 0.1) is 15.0 Å². The quantitative estimate of drug-likeness (QED) is 0.668. The molecule has 6 heteroatoms. The van der Waals surface area contributed by atoms with E-state index < -0.39 is 0 Å².